The highest BCUT2D eigenvalue weighted by atomic mass is 31.2. The van der Waals surface area contributed by atoms with Crippen LogP contribution in [0.25, 0.3) is 0 Å². The fourth-order valence-electron chi connectivity index (χ4n) is 5.63. The lowest BCUT2D eigenvalue weighted by molar-refractivity contribution is -0.160. The van der Waals surface area contributed by atoms with Crippen molar-refractivity contribution in [3.8, 4) is 0 Å². The molecule has 3 unspecified atom stereocenters. The molecule has 3 atom stereocenters. The molecule has 0 saturated carbocycles. The maximum atomic E-state index is 12.8. The van der Waals surface area contributed by atoms with E-state index in [-0.39, 0.29) is 19.3 Å². The number of phosphoric acid groups is 1. The molecule has 0 aliphatic carbocycles. The maximum absolute atomic E-state index is 12.8. The largest absolute Gasteiger partial charge is 0.472 e. The van der Waals surface area contributed by atoms with Crippen LogP contribution in [0.15, 0.2) is 146 Å². The van der Waals surface area contributed by atoms with E-state index >= 15 is 0 Å². The summed E-state index contributed by atoms with van der Waals surface area (Å²) in [5.41, 5.74) is 0. The number of allylic oxidation sites excluding steroid dienone is 23. The minimum absolute atomic E-state index is 0.0752. The molecule has 0 aromatic heterocycles. The summed E-state index contributed by atoms with van der Waals surface area (Å²) in [4.78, 5) is 48.1. The van der Waals surface area contributed by atoms with Gasteiger partial charge in [-0.15, -0.1) is 0 Å². The first-order chi connectivity index (χ1) is 33.2. The average Bonchev–Trinajstić information content (AvgIpc) is 3.32. The highest BCUT2D eigenvalue weighted by Gasteiger charge is 2.28. The number of aliphatic hydroxyl groups excluding tert-OH is 1. The molecule has 0 aliphatic rings. The summed E-state index contributed by atoms with van der Waals surface area (Å²) in [5, 5.41) is 9.75. The maximum Gasteiger partial charge on any atom is 0.472 e. The van der Waals surface area contributed by atoms with Gasteiger partial charge in [0.1, 0.15) is 12.7 Å². The first kappa shape index (κ1) is 63.4. The van der Waals surface area contributed by atoms with Crippen LogP contribution in [0.4, 0.5) is 0 Å². The van der Waals surface area contributed by atoms with Crippen LogP contribution >= 0.6 is 7.82 Å². The van der Waals surface area contributed by atoms with Crippen LogP contribution in [0.2, 0.25) is 0 Å². The van der Waals surface area contributed by atoms with E-state index in [0.717, 1.165) is 89.9 Å². The van der Waals surface area contributed by atoms with Gasteiger partial charge in [-0.05, 0) is 103 Å². The molecule has 0 amide bonds. The fraction of sp³-hybridized carbons (Fsp3) is 0.518. The van der Waals surface area contributed by atoms with Gasteiger partial charge in [0.15, 0.2) is 6.10 Å². The number of carbonyl (C=O) groups is 3. The predicted molar refractivity (Wildman–Crippen MR) is 279 cm³/mol. The lowest BCUT2D eigenvalue weighted by atomic mass is 10.1. The molecule has 0 saturated heterocycles. The third kappa shape index (κ3) is 46.5. The second kappa shape index (κ2) is 48.8. The standard InChI is InChI=1S/C56H85O11P/c1-4-7-10-13-16-19-22-25-26-29-32-35-38-41-44-47-56(60)67-53(49-63-54(58)45-42-39-36-33-30-27-23-20-17-14-11-8-5-2)51-65-68(61,62)64-50-52(48-57)66-55(59)46-43-40-37-34-31-28-24-21-18-15-12-9-6-3/h7-12,16-21,25-28,30-32,35-36,39,41,44,52-53,57H,4-6,13-15,22-24,29,33-34,37-38,40,42-43,45-51H2,1-3H3,(H,61,62)/b10-7-,11-8-,12-9-,19-16-,20-17-,21-18-,26-25-,30-27-,31-28-,35-32-,39-36-,44-41-. The minimum atomic E-state index is -4.80. The Labute approximate surface area is 410 Å². The smallest absolute Gasteiger partial charge is 0.462 e. The van der Waals surface area contributed by atoms with Crippen LogP contribution in [0.5, 0.6) is 0 Å². The molecule has 0 aromatic carbocycles. The molecular formula is C56H85O11P. The first-order valence-corrected chi connectivity index (χ1v) is 26.2. The van der Waals surface area contributed by atoms with Crippen molar-refractivity contribution in [3.05, 3.63) is 146 Å². The highest BCUT2D eigenvalue weighted by molar-refractivity contribution is 7.47. The Morgan fingerprint density at radius 2 is 0.809 bits per heavy atom. The molecule has 2 N–H and O–H groups in total. The van der Waals surface area contributed by atoms with Crippen LogP contribution in [0, 0.1) is 0 Å². The zero-order valence-corrected chi connectivity index (χ0v) is 42.4. The molecule has 0 radical (unpaired) electrons. The number of phosphoric ester groups is 1. The van der Waals surface area contributed by atoms with Gasteiger partial charge in [0.2, 0.25) is 0 Å². The molecule has 12 heteroatoms. The summed E-state index contributed by atoms with van der Waals surface area (Å²) in [5.74, 6) is -1.77. The molecule has 0 spiro atoms. The summed E-state index contributed by atoms with van der Waals surface area (Å²) in [6.07, 6.45) is 61.6. The van der Waals surface area contributed by atoms with Gasteiger partial charge in [0, 0.05) is 12.8 Å². The van der Waals surface area contributed by atoms with Gasteiger partial charge < -0.3 is 24.2 Å². The zero-order valence-electron chi connectivity index (χ0n) is 41.5. The van der Waals surface area contributed by atoms with Gasteiger partial charge in [0.25, 0.3) is 0 Å². The van der Waals surface area contributed by atoms with Crippen LogP contribution in [-0.2, 0) is 42.2 Å². The number of ether oxygens (including phenoxy) is 3. The Bertz CT molecular complexity index is 1690. The quantitative estimate of drug-likeness (QED) is 0.0197. The SMILES string of the molecule is CC/C=C\C/C=C\C/C=C\C/C=C\C/C=C\CC(=O)OC(COC(=O)CC/C=C\C/C=C\C/C=C\C/C=C\CC)COP(=O)(O)OCC(CO)OC(=O)CCCCC/C=C\C/C=C\C/C=C\CC. The highest BCUT2D eigenvalue weighted by Crippen LogP contribution is 2.43. The van der Waals surface area contributed by atoms with Crippen molar-refractivity contribution in [2.75, 3.05) is 26.4 Å². The summed E-state index contributed by atoms with van der Waals surface area (Å²) < 4.78 is 39.0. The second-order valence-corrected chi connectivity index (χ2v) is 16.9. The summed E-state index contributed by atoms with van der Waals surface area (Å²) in [6, 6.07) is 0. The van der Waals surface area contributed by atoms with Crippen molar-refractivity contribution in [2.24, 2.45) is 0 Å². The average molecular weight is 965 g/mol. The molecule has 0 fully saturated rings. The molecule has 11 nitrogen and oxygen atoms in total. The number of carbonyl (C=O) groups excluding carboxylic acids is 3. The molecule has 0 aromatic rings. The van der Waals surface area contributed by atoms with E-state index in [2.05, 4.69) is 130 Å². The number of hydrogen-bond donors (Lipinski definition) is 2. The number of unbranched alkanes of at least 4 members (excludes halogenated alkanes) is 3. The lowest BCUT2D eigenvalue weighted by Gasteiger charge is -2.21. The third-order valence-corrected chi connectivity index (χ3v) is 10.2. The van der Waals surface area contributed by atoms with Gasteiger partial charge in [0.05, 0.1) is 26.2 Å². The van der Waals surface area contributed by atoms with E-state index in [1.807, 2.05) is 30.4 Å². The van der Waals surface area contributed by atoms with Crippen molar-refractivity contribution in [3.63, 3.8) is 0 Å². The van der Waals surface area contributed by atoms with Crippen LogP contribution in [0.1, 0.15) is 149 Å². The first-order valence-electron chi connectivity index (χ1n) is 24.7. The number of hydrogen-bond acceptors (Lipinski definition) is 10. The topological polar surface area (TPSA) is 155 Å². The third-order valence-electron chi connectivity index (χ3n) is 9.29. The van der Waals surface area contributed by atoms with Crippen molar-refractivity contribution >= 4 is 25.7 Å². The summed E-state index contributed by atoms with van der Waals surface area (Å²) in [7, 11) is -4.80. The Kier molecular flexibility index (Phi) is 45.5. The Morgan fingerprint density at radius 1 is 0.426 bits per heavy atom. The predicted octanol–water partition coefficient (Wildman–Crippen LogP) is 14.0. The Balaban J connectivity index is 5.01. The van der Waals surface area contributed by atoms with Gasteiger partial charge in [-0.25, -0.2) is 4.57 Å². The molecular weight excluding hydrogens is 880 g/mol. The Hall–Kier alpha value is -4.64. The summed E-state index contributed by atoms with van der Waals surface area (Å²) in [6.45, 7) is 4.01. The van der Waals surface area contributed by atoms with Crippen molar-refractivity contribution < 1.29 is 52.2 Å². The lowest BCUT2D eigenvalue weighted by Crippen LogP contribution is -2.30. The zero-order chi connectivity index (χ0) is 49.9. The fourth-order valence-corrected chi connectivity index (χ4v) is 6.42. The second-order valence-electron chi connectivity index (χ2n) is 15.5. The molecule has 68 heavy (non-hydrogen) atoms. The van der Waals surface area contributed by atoms with Crippen molar-refractivity contribution in [1.29, 1.82) is 0 Å². The van der Waals surface area contributed by atoms with Gasteiger partial charge in [-0.2, -0.15) is 0 Å². The Morgan fingerprint density at radius 3 is 1.25 bits per heavy atom. The van der Waals surface area contributed by atoms with E-state index < -0.39 is 64.4 Å². The van der Waals surface area contributed by atoms with Gasteiger partial charge in [-0.1, -0.05) is 173 Å². The molecule has 0 aliphatic heterocycles. The minimum Gasteiger partial charge on any atom is -0.462 e. The molecule has 380 valence electrons. The van der Waals surface area contributed by atoms with Crippen LogP contribution in [-0.4, -0.2) is 66.5 Å². The number of aliphatic hydroxyl groups is 1. The van der Waals surface area contributed by atoms with Crippen LogP contribution in [0.3, 0.4) is 0 Å². The van der Waals surface area contributed by atoms with Gasteiger partial charge >= 0.3 is 25.7 Å². The number of rotatable bonds is 43. The molecule has 0 rings (SSSR count). The van der Waals surface area contributed by atoms with E-state index in [0.29, 0.717) is 19.3 Å². The monoisotopic (exact) mass is 965 g/mol. The molecule has 0 bridgehead atoms. The van der Waals surface area contributed by atoms with E-state index in [4.69, 9.17) is 23.3 Å². The van der Waals surface area contributed by atoms with Gasteiger partial charge in [-0.3, -0.25) is 23.4 Å². The van der Waals surface area contributed by atoms with E-state index in [9.17, 15) is 28.9 Å². The van der Waals surface area contributed by atoms with Crippen molar-refractivity contribution in [2.45, 2.75) is 161 Å². The van der Waals surface area contributed by atoms with Crippen LogP contribution < -0.4 is 0 Å². The van der Waals surface area contributed by atoms with E-state index in [1.165, 1.54) is 0 Å². The summed E-state index contributed by atoms with van der Waals surface area (Å²) >= 11 is 0. The number of esters is 3. The normalized spacial score (nSPS) is 14.7. The van der Waals surface area contributed by atoms with Crippen molar-refractivity contribution in [1.82, 2.24) is 0 Å². The molecule has 0 heterocycles. The van der Waals surface area contributed by atoms with E-state index in [1.54, 1.807) is 6.08 Å².